The number of rotatable bonds is 3. The zero-order chi connectivity index (χ0) is 17.7. The van der Waals surface area contributed by atoms with E-state index in [0.717, 1.165) is 28.1 Å². The van der Waals surface area contributed by atoms with Gasteiger partial charge in [0.15, 0.2) is 0 Å². The van der Waals surface area contributed by atoms with Gasteiger partial charge in [0.2, 0.25) is 0 Å². The van der Waals surface area contributed by atoms with Gasteiger partial charge in [0.1, 0.15) is 5.75 Å². The molecule has 1 aliphatic rings. The number of carbonyl (C=O) groups excluding carboxylic acids is 1. The van der Waals surface area contributed by atoms with Crippen LogP contribution in [0.5, 0.6) is 5.75 Å². The van der Waals surface area contributed by atoms with Crippen molar-refractivity contribution in [3.63, 3.8) is 0 Å². The zero-order valence-electron chi connectivity index (χ0n) is 15.0. The van der Waals surface area contributed by atoms with Gasteiger partial charge in [0.25, 0.3) is 5.91 Å². The molecule has 1 amide bonds. The molecule has 0 spiro atoms. The predicted octanol–water partition coefficient (Wildman–Crippen LogP) is 4.43. The highest BCUT2D eigenvalue weighted by Gasteiger charge is 2.29. The van der Waals surface area contributed by atoms with Crippen LogP contribution in [0, 0.1) is 6.92 Å². The van der Waals surface area contributed by atoms with Crippen molar-refractivity contribution < 1.29 is 9.53 Å². The van der Waals surface area contributed by atoms with E-state index in [4.69, 9.17) is 4.74 Å². The van der Waals surface area contributed by atoms with Crippen LogP contribution in [0.1, 0.15) is 35.5 Å². The van der Waals surface area contributed by atoms with Gasteiger partial charge in [-0.15, -0.1) is 0 Å². The van der Waals surface area contributed by atoms with Crippen molar-refractivity contribution in [1.29, 1.82) is 0 Å². The number of fused-ring (bicyclic) bond motifs is 2. The molecular formula is C21H22N2O2. The molecule has 0 saturated heterocycles. The van der Waals surface area contributed by atoms with Gasteiger partial charge in [-0.25, -0.2) is 0 Å². The predicted molar refractivity (Wildman–Crippen MR) is 100 cm³/mol. The lowest BCUT2D eigenvalue weighted by atomic mass is 10.1. The second kappa shape index (κ2) is 5.66. The molecule has 0 N–H and O–H groups in total. The molecule has 0 atom stereocenters. The summed E-state index contributed by atoms with van der Waals surface area (Å²) >= 11 is 0. The Morgan fingerprint density at radius 3 is 2.64 bits per heavy atom. The van der Waals surface area contributed by atoms with Crippen molar-refractivity contribution in [2.45, 2.75) is 33.4 Å². The molecule has 0 saturated carbocycles. The Balaban J connectivity index is 1.70. The fraction of sp³-hybridized carbons (Fsp3) is 0.286. The van der Waals surface area contributed by atoms with Crippen molar-refractivity contribution in [3.05, 3.63) is 59.3 Å². The van der Waals surface area contributed by atoms with Crippen LogP contribution in [0.15, 0.2) is 42.5 Å². The molecule has 128 valence electrons. The van der Waals surface area contributed by atoms with Crippen molar-refractivity contribution >= 4 is 22.5 Å². The van der Waals surface area contributed by atoms with Crippen LogP contribution in [-0.4, -0.2) is 16.6 Å². The molecule has 4 rings (SSSR count). The fourth-order valence-corrected chi connectivity index (χ4v) is 3.46. The minimum absolute atomic E-state index is 0.0366. The topological polar surface area (TPSA) is 34.5 Å². The van der Waals surface area contributed by atoms with Crippen molar-refractivity contribution in [2.24, 2.45) is 7.05 Å². The van der Waals surface area contributed by atoms with Crippen LogP contribution in [0.3, 0.4) is 0 Å². The van der Waals surface area contributed by atoms with Crippen LogP contribution in [0.2, 0.25) is 0 Å². The smallest absolute Gasteiger partial charge is 0.259 e. The highest BCUT2D eigenvalue weighted by Crippen LogP contribution is 2.33. The first-order valence-corrected chi connectivity index (χ1v) is 8.61. The summed E-state index contributed by atoms with van der Waals surface area (Å²) in [4.78, 5) is 14.8. The van der Waals surface area contributed by atoms with Gasteiger partial charge in [-0.2, -0.15) is 0 Å². The average molecular weight is 334 g/mol. The number of benzene rings is 2. The Bertz CT molecular complexity index is 985. The van der Waals surface area contributed by atoms with Gasteiger partial charge in [-0.05, 0) is 62.1 Å². The molecule has 0 fully saturated rings. The third kappa shape index (κ3) is 2.58. The first-order chi connectivity index (χ1) is 11.9. The Morgan fingerprint density at radius 1 is 1.08 bits per heavy atom. The Kier molecular flexibility index (Phi) is 3.57. The molecule has 2 heterocycles. The molecule has 3 aromatic rings. The highest BCUT2D eigenvalue weighted by atomic mass is 16.5. The van der Waals surface area contributed by atoms with Gasteiger partial charge in [0.05, 0.1) is 18.2 Å². The summed E-state index contributed by atoms with van der Waals surface area (Å²) in [5.74, 6) is 0.784. The summed E-state index contributed by atoms with van der Waals surface area (Å²) in [6, 6.07) is 14.2. The summed E-state index contributed by atoms with van der Waals surface area (Å²) in [6.45, 7) is 6.66. The van der Waals surface area contributed by atoms with Crippen LogP contribution >= 0.6 is 0 Å². The second-order valence-corrected chi connectivity index (χ2v) is 6.96. The summed E-state index contributed by atoms with van der Waals surface area (Å²) in [7, 11) is 2.05. The number of aryl methyl sites for hydroxylation is 2. The number of nitrogens with zero attached hydrogens (tertiary/aromatic N) is 2. The van der Waals surface area contributed by atoms with Crippen molar-refractivity contribution in [3.8, 4) is 5.75 Å². The number of aromatic nitrogens is 1. The van der Waals surface area contributed by atoms with Crippen molar-refractivity contribution in [2.75, 3.05) is 4.90 Å². The molecule has 0 bridgehead atoms. The largest absolute Gasteiger partial charge is 0.491 e. The van der Waals surface area contributed by atoms with E-state index in [2.05, 4.69) is 36.7 Å². The third-order valence-electron chi connectivity index (χ3n) is 4.84. The maximum Gasteiger partial charge on any atom is 0.259 e. The minimum atomic E-state index is 0.0366. The zero-order valence-corrected chi connectivity index (χ0v) is 15.0. The van der Waals surface area contributed by atoms with E-state index in [1.165, 1.54) is 11.1 Å². The van der Waals surface area contributed by atoms with Crippen LogP contribution in [-0.2, 0) is 13.6 Å². The molecule has 1 aliphatic heterocycles. The maximum atomic E-state index is 12.9. The van der Waals surface area contributed by atoms with Gasteiger partial charge in [-0.1, -0.05) is 12.1 Å². The standard InChI is InChI=1S/C21H22N2O2/c1-13(2)25-18-8-6-16-12-23(21(24)19(16)11-18)17-7-5-15-9-14(3)22(4)20(15)10-17/h5-11,13H,12H2,1-4H3. The molecule has 25 heavy (non-hydrogen) atoms. The first-order valence-electron chi connectivity index (χ1n) is 8.61. The molecule has 1 aromatic heterocycles. The lowest BCUT2D eigenvalue weighted by Crippen LogP contribution is -2.22. The highest BCUT2D eigenvalue weighted by molar-refractivity contribution is 6.10. The number of ether oxygens (including phenoxy) is 1. The van der Waals surface area contributed by atoms with Crippen LogP contribution in [0.25, 0.3) is 10.9 Å². The van der Waals surface area contributed by atoms with Gasteiger partial charge >= 0.3 is 0 Å². The van der Waals surface area contributed by atoms with E-state index in [1.807, 2.05) is 43.0 Å². The van der Waals surface area contributed by atoms with E-state index in [1.54, 1.807) is 0 Å². The lowest BCUT2D eigenvalue weighted by Gasteiger charge is -2.16. The average Bonchev–Trinajstić information content (AvgIpc) is 3.05. The van der Waals surface area contributed by atoms with E-state index in [9.17, 15) is 4.79 Å². The molecule has 4 nitrogen and oxygen atoms in total. The maximum absolute atomic E-state index is 12.9. The Morgan fingerprint density at radius 2 is 1.88 bits per heavy atom. The molecule has 0 aliphatic carbocycles. The SMILES string of the molecule is Cc1cc2ccc(N3Cc4ccc(OC(C)C)cc4C3=O)cc2n1C. The van der Waals surface area contributed by atoms with Gasteiger partial charge in [0, 0.05) is 24.0 Å². The molecular weight excluding hydrogens is 312 g/mol. The lowest BCUT2D eigenvalue weighted by molar-refractivity contribution is 0.0996. The Hall–Kier alpha value is -2.75. The van der Waals surface area contributed by atoms with E-state index in [-0.39, 0.29) is 12.0 Å². The fourth-order valence-electron chi connectivity index (χ4n) is 3.46. The second-order valence-electron chi connectivity index (χ2n) is 6.96. The summed E-state index contributed by atoms with van der Waals surface area (Å²) < 4.78 is 7.88. The molecule has 2 aromatic carbocycles. The first kappa shape index (κ1) is 15.8. The van der Waals surface area contributed by atoms with Gasteiger partial charge < -0.3 is 14.2 Å². The monoisotopic (exact) mass is 334 g/mol. The number of anilines is 1. The minimum Gasteiger partial charge on any atom is -0.491 e. The number of hydrogen-bond acceptors (Lipinski definition) is 2. The Labute approximate surface area is 147 Å². The summed E-state index contributed by atoms with van der Waals surface area (Å²) in [5.41, 5.74) is 5.06. The third-order valence-corrected chi connectivity index (χ3v) is 4.84. The number of carbonyl (C=O) groups is 1. The summed E-state index contributed by atoms with van der Waals surface area (Å²) in [5, 5.41) is 1.19. The van der Waals surface area contributed by atoms with Crippen LogP contribution in [0.4, 0.5) is 5.69 Å². The van der Waals surface area contributed by atoms with Gasteiger partial charge in [-0.3, -0.25) is 4.79 Å². The van der Waals surface area contributed by atoms with E-state index in [0.29, 0.717) is 6.54 Å². The molecule has 4 heteroatoms. The normalized spacial score (nSPS) is 13.8. The quantitative estimate of drug-likeness (QED) is 0.710. The number of amides is 1. The molecule has 0 radical (unpaired) electrons. The molecule has 0 unspecified atom stereocenters. The number of hydrogen-bond donors (Lipinski definition) is 0. The van der Waals surface area contributed by atoms with E-state index >= 15 is 0 Å². The van der Waals surface area contributed by atoms with Crippen LogP contribution < -0.4 is 9.64 Å². The summed E-state index contributed by atoms with van der Waals surface area (Å²) in [6.07, 6.45) is 0.0913. The van der Waals surface area contributed by atoms with E-state index < -0.39 is 0 Å². The van der Waals surface area contributed by atoms with Crippen molar-refractivity contribution in [1.82, 2.24) is 4.57 Å².